The molecule has 4 rings (SSSR count). The minimum Gasteiger partial charge on any atom is -0.455 e. The Balaban J connectivity index is 1.58. The van der Waals surface area contributed by atoms with Crippen molar-refractivity contribution in [3.8, 4) is 0 Å². The van der Waals surface area contributed by atoms with E-state index in [0.29, 0.717) is 17.9 Å². The van der Waals surface area contributed by atoms with Gasteiger partial charge in [0, 0.05) is 5.39 Å². The molecule has 1 N–H and O–H groups in total. The molecular formula is C19H18N2O4S. The van der Waals surface area contributed by atoms with E-state index in [9.17, 15) is 13.2 Å². The van der Waals surface area contributed by atoms with Gasteiger partial charge in [0.1, 0.15) is 11.3 Å². The largest absolute Gasteiger partial charge is 0.455 e. The highest BCUT2D eigenvalue weighted by molar-refractivity contribution is 7.91. The molecule has 0 bridgehead atoms. The number of hydrogen-bond donors (Lipinski definition) is 1. The molecule has 26 heavy (non-hydrogen) atoms. The summed E-state index contributed by atoms with van der Waals surface area (Å²) in [5.74, 6) is -0.382. The van der Waals surface area contributed by atoms with Crippen molar-refractivity contribution in [1.29, 1.82) is 0 Å². The van der Waals surface area contributed by atoms with Gasteiger partial charge in [-0.25, -0.2) is 13.8 Å². The van der Waals surface area contributed by atoms with Gasteiger partial charge in [-0.1, -0.05) is 30.3 Å². The molecule has 3 aromatic rings. The first-order valence-electron chi connectivity index (χ1n) is 8.39. The Morgan fingerprint density at radius 3 is 2.77 bits per heavy atom. The summed E-state index contributed by atoms with van der Waals surface area (Å²) >= 11 is 0. The van der Waals surface area contributed by atoms with Crippen molar-refractivity contribution in [2.45, 2.75) is 13.3 Å². The summed E-state index contributed by atoms with van der Waals surface area (Å²) < 4.78 is 28.8. The predicted molar refractivity (Wildman–Crippen MR) is 101 cm³/mol. The first kappa shape index (κ1) is 16.8. The van der Waals surface area contributed by atoms with E-state index < -0.39 is 15.8 Å². The van der Waals surface area contributed by atoms with Crippen molar-refractivity contribution in [3.05, 3.63) is 48.2 Å². The van der Waals surface area contributed by atoms with E-state index in [0.717, 1.165) is 21.7 Å². The molecule has 0 spiro atoms. The SMILES string of the molecule is C/C(=N/NC(=O)[C@@H]1CCS(=O)(=O)C1)c1cc2c(ccc3ccccc32)o1. The summed E-state index contributed by atoms with van der Waals surface area (Å²) in [4.78, 5) is 12.1. The summed E-state index contributed by atoms with van der Waals surface area (Å²) in [6, 6.07) is 13.9. The van der Waals surface area contributed by atoms with E-state index in [-0.39, 0.29) is 17.4 Å². The second kappa shape index (κ2) is 6.25. The number of sulfone groups is 1. The van der Waals surface area contributed by atoms with Crippen LogP contribution in [0.3, 0.4) is 0 Å². The summed E-state index contributed by atoms with van der Waals surface area (Å²) in [5, 5.41) is 7.29. The Morgan fingerprint density at radius 2 is 2.00 bits per heavy atom. The molecule has 7 heteroatoms. The number of carbonyl (C=O) groups excluding carboxylic acids is 1. The maximum Gasteiger partial charge on any atom is 0.244 e. The van der Waals surface area contributed by atoms with Crippen LogP contribution in [0.2, 0.25) is 0 Å². The van der Waals surface area contributed by atoms with E-state index in [1.807, 2.05) is 42.5 Å². The van der Waals surface area contributed by atoms with Crippen LogP contribution in [0.15, 0.2) is 52.0 Å². The Morgan fingerprint density at radius 1 is 1.19 bits per heavy atom. The lowest BCUT2D eigenvalue weighted by Crippen LogP contribution is -2.28. The molecule has 2 aromatic carbocycles. The standard InChI is InChI=1S/C19H18N2O4S/c1-12(20-21-19(22)14-8-9-26(23,24)11-14)18-10-16-15-5-3-2-4-13(15)6-7-17(16)25-18/h2-7,10,14H,8-9,11H2,1H3,(H,21,22)/b20-12-/t14-/m1/s1. The number of hydrogen-bond acceptors (Lipinski definition) is 5. The lowest BCUT2D eigenvalue weighted by Gasteiger charge is -2.05. The van der Waals surface area contributed by atoms with Gasteiger partial charge in [-0.3, -0.25) is 4.79 Å². The van der Waals surface area contributed by atoms with Crippen LogP contribution < -0.4 is 5.43 Å². The quantitative estimate of drug-likeness (QED) is 0.567. The number of hydrazone groups is 1. The predicted octanol–water partition coefficient (Wildman–Crippen LogP) is 2.86. The zero-order chi connectivity index (χ0) is 18.3. The number of benzene rings is 2. The fourth-order valence-electron chi connectivity index (χ4n) is 3.26. The van der Waals surface area contributed by atoms with Gasteiger partial charge < -0.3 is 4.42 Å². The Bertz CT molecular complexity index is 1140. The van der Waals surface area contributed by atoms with Gasteiger partial charge in [-0.05, 0) is 36.2 Å². The third-order valence-electron chi connectivity index (χ3n) is 4.72. The number of fused-ring (bicyclic) bond motifs is 3. The van der Waals surface area contributed by atoms with Gasteiger partial charge in [0.2, 0.25) is 5.91 Å². The number of amides is 1. The van der Waals surface area contributed by atoms with Crippen LogP contribution in [0.5, 0.6) is 0 Å². The molecule has 134 valence electrons. The monoisotopic (exact) mass is 370 g/mol. The Kier molecular flexibility index (Phi) is 4.03. The van der Waals surface area contributed by atoms with Gasteiger partial charge in [0.05, 0.1) is 17.4 Å². The lowest BCUT2D eigenvalue weighted by molar-refractivity contribution is -0.124. The van der Waals surface area contributed by atoms with Crippen LogP contribution in [-0.2, 0) is 14.6 Å². The minimum absolute atomic E-state index is 0.0600. The first-order chi connectivity index (χ1) is 12.4. The third-order valence-corrected chi connectivity index (χ3v) is 6.49. The smallest absolute Gasteiger partial charge is 0.244 e. The van der Waals surface area contributed by atoms with Crippen LogP contribution >= 0.6 is 0 Å². The van der Waals surface area contributed by atoms with E-state index in [2.05, 4.69) is 10.5 Å². The molecule has 1 atom stereocenters. The average Bonchev–Trinajstić information content (AvgIpc) is 3.22. The van der Waals surface area contributed by atoms with Crippen molar-refractivity contribution in [1.82, 2.24) is 5.43 Å². The minimum atomic E-state index is -3.10. The highest BCUT2D eigenvalue weighted by Gasteiger charge is 2.32. The van der Waals surface area contributed by atoms with Gasteiger partial charge in [0.15, 0.2) is 15.6 Å². The van der Waals surface area contributed by atoms with Crippen molar-refractivity contribution >= 4 is 43.2 Å². The normalized spacial score (nSPS) is 19.9. The molecule has 2 heterocycles. The summed E-state index contributed by atoms with van der Waals surface area (Å²) in [5.41, 5.74) is 3.75. The van der Waals surface area contributed by atoms with Crippen LogP contribution in [0.1, 0.15) is 19.1 Å². The molecule has 0 radical (unpaired) electrons. The zero-order valence-electron chi connectivity index (χ0n) is 14.2. The number of nitrogens with one attached hydrogen (secondary N) is 1. The van der Waals surface area contributed by atoms with Gasteiger partial charge in [-0.15, -0.1) is 0 Å². The molecule has 1 fully saturated rings. The first-order valence-corrected chi connectivity index (χ1v) is 10.2. The molecule has 0 saturated carbocycles. The number of carbonyl (C=O) groups is 1. The molecule has 1 saturated heterocycles. The van der Waals surface area contributed by atoms with Crippen molar-refractivity contribution in [2.75, 3.05) is 11.5 Å². The van der Waals surface area contributed by atoms with E-state index in [1.54, 1.807) is 6.92 Å². The Hall–Kier alpha value is -2.67. The Labute approximate surface area is 150 Å². The second-order valence-electron chi connectivity index (χ2n) is 6.58. The van der Waals surface area contributed by atoms with E-state index in [1.165, 1.54) is 0 Å². The zero-order valence-corrected chi connectivity index (χ0v) is 15.0. The van der Waals surface area contributed by atoms with Crippen LogP contribution in [0.4, 0.5) is 0 Å². The maximum atomic E-state index is 12.1. The number of rotatable bonds is 3. The molecule has 6 nitrogen and oxygen atoms in total. The van der Waals surface area contributed by atoms with Crippen LogP contribution in [0.25, 0.3) is 21.7 Å². The van der Waals surface area contributed by atoms with Gasteiger partial charge in [0.25, 0.3) is 0 Å². The van der Waals surface area contributed by atoms with E-state index in [4.69, 9.17) is 4.42 Å². The van der Waals surface area contributed by atoms with Crippen molar-refractivity contribution in [2.24, 2.45) is 11.0 Å². The summed E-state index contributed by atoms with van der Waals surface area (Å²) in [7, 11) is -3.10. The van der Waals surface area contributed by atoms with Crippen LogP contribution in [0, 0.1) is 5.92 Å². The molecule has 1 aliphatic rings. The van der Waals surface area contributed by atoms with Crippen molar-refractivity contribution in [3.63, 3.8) is 0 Å². The second-order valence-corrected chi connectivity index (χ2v) is 8.81. The fourth-order valence-corrected chi connectivity index (χ4v) is 5.00. The van der Waals surface area contributed by atoms with E-state index >= 15 is 0 Å². The van der Waals surface area contributed by atoms with Crippen molar-refractivity contribution < 1.29 is 17.6 Å². The lowest BCUT2D eigenvalue weighted by atomic mass is 10.1. The number of nitrogens with zero attached hydrogens (tertiary/aromatic N) is 1. The third kappa shape index (κ3) is 3.10. The summed E-state index contributed by atoms with van der Waals surface area (Å²) in [6.45, 7) is 1.74. The summed E-state index contributed by atoms with van der Waals surface area (Å²) in [6.07, 6.45) is 0.347. The molecule has 1 aliphatic heterocycles. The average molecular weight is 370 g/mol. The maximum absolute atomic E-state index is 12.1. The molecule has 0 aliphatic carbocycles. The van der Waals surface area contributed by atoms with Gasteiger partial charge >= 0.3 is 0 Å². The molecule has 0 unspecified atom stereocenters. The number of furan rings is 1. The molecule has 1 amide bonds. The highest BCUT2D eigenvalue weighted by atomic mass is 32.2. The molecule has 1 aromatic heterocycles. The molecular weight excluding hydrogens is 352 g/mol. The fraction of sp³-hybridized carbons (Fsp3) is 0.263. The van der Waals surface area contributed by atoms with Gasteiger partial charge in [-0.2, -0.15) is 5.10 Å². The van der Waals surface area contributed by atoms with Crippen LogP contribution in [-0.4, -0.2) is 31.5 Å². The highest BCUT2D eigenvalue weighted by Crippen LogP contribution is 2.28. The topological polar surface area (TPSA) is 88.7 Å².